The van der Waals surface area contributed by atoms with Crippen LogP contribution in [0.1, 0.15) is 18.7 Å². The number of aliphatic imine (C=N–C) groups is 1. The van der Waals surface area contributed by atoms with Gasteiger partial charge in [-0.2, -0.15) is 0 Å². The monoisotopic (exact) mass is 283 g/mol. The maximum atomic E-state index is 11.9. The molecule has 110 valence electrons. The molecule has 3 N–H and O–H groups in total. The molecule has 1 aliphatic heterocycles. The lowest BCUT2D eigenvalue weighted by Gasteiger charge is -2.25. The largest absolute Gasteiger partial charge is 0.391 e. The first kappa shape index (κ1) is 14.6. The molecule has 0 aromatic carbocycles. The van der Waals surface area contributed by atoms with Crippen LogP contribution in [0.15, 0.2) is 20.8 Å². The molecule has 0 radical (unpaired) electrons. The molecule has 1 aliphatic rings. The van der Waals surface area contributed by atoms with Gasteiger partial charge in [-0.25, -0.2) is 4.79 Å². The van der Waals surface area contributed by atoms with Crippen molar-refractivity contribution in [1.29, 1.82) is 0 Å². The van der Waals surface area contributed by atoms with Crippen molar-refractivity contribution < 1.29 is 14.9 Å². The number of hydrogen-bond donors (Lipinski definition) is 3. The molecule has 20 heavy (non-hydrogen) atoms. The van der Waals surface area contributed by atoms with Gasteiger partial charge >= 0.3 is 5.69 Å². The van der Waals surface area contributed by atoms with E-state index in [1.54, 1.807) is 13.8 Å². The standard InChI is InChI=1S/C12H17N3O5/c1-6-4-15(11(19)14-9(6)18)10-7(2)8(17)12(5-16,13-3)20-10/h4,7-8,10,16-17H,3,5H2,1-2H3,(H,14,18,19). The van der Waals surface area contributed by atoms with Crippen molar-refractivity contribution in [2.24, 2.45) is 10.9 Å². The molecule has 2 heterocycles. The van der Waals surface area contributed by atoms with Gasteiger partial charge in [-0.1, -0.05) is 6.92 Å². The van der Waals surface area contributed by atoms with Crippen molar-refractivity contribution in [3.63, 3.8) is 0 Å². The van der Waals surface area contributed by atoms with Gasteiger partial charge in [-0.05, 0) is 13.6 Å². The molecule has 2 rings (SSSR count). The normalized spacial score (nSPS) is 33.3. The van der Waals surface area contributed by atoms with E-state index < -0.39 is 41.8 Å². The summed E-state index contributed by atoms with van der Waals surface area (Å²) in [5, 5.41) is 19.5. The van der Waals surface area contributed by atoms with E-state index in [0.29, 0.717) is 5.56 Å². The Labute approximate surface area is 114 Å². The number of nitrogens with one attached hydrogen (secondary N) is 1. The van der Waals surface area contributed by atoms with Crippen molar-refractivity contribution in [2.45, 2.75) is 31.9 Å². The third kappa shape index (κ3) is 2.01. The number of rotatable bonds is 3. The third-order valence-electron chi connectivity index (χ3n) is 3.65. The van der Waals surface area contributed by atoms with Gasteiger partial charge in [0.05, 0.1) is 6.61 Å². The van der Waals surface area contributed by atoms with Crippen LogP contribution in [-0.2, 0) is 4.74 Å². The fourth-order valence-electron chi connectivity index (χ4n) is 2.35. The second-order valence-corrected chi connectivity index (χ2v) is 4.95. The van der Waals surface area contributed by atoms with E-state index in [1.165, 1.54) is 10.8 Å². The van der Waals surface area contributed by atoms with Gasteiger partial charge in [0.15, 0.2) is 0 Å². The summed E-state index contributed by atoms with van der Waals surface area (Å²) in [6.45, 7) is 5.96. The number of aromatic amines is 1. The van der Waals surface area contributed by atoms with Crippen molar-refractivity contribution in [3.05, 3.63) is 32.6 Å². The van der Waals surface area contributed by atoms with Crippen LogP contribution in [0.4, 0.5) is 0 Å². The summed E-state index contributed by atoms with van der Waals surface area (Å²) in [7, 11) is 0. The minimum atomic E-state index is -1.56. The molecule has 0 aliphatic carbocycles. The van der Waals surface area contributed by atoms with Crippen LogP contribution in [0, 0.1) is 12.8 Å². The molecule has 4 unspecified atom stereocenters. The lowest BCUT2D eigenvalue weighted by Crippen LogP contribution is -2.42. The fraction of sp³-hybridized carbons (Fsp3) is 0.583. The van der Waals surface area contributed by atoms with Gasteiger partial charge in [-0.15, -0.1) is 0 Å². The molecule has 8 nitrogen and oxygen atoms in total. The van der Waals surface area contributed by atoms with Crippen molar-refractivity contribution in [1.82, 2.24) is 9.55 Å². The first-order valence-electron chi connectivity index (χ1n) is 6.13. The molecule has 0 bridgehead atoms. The Morgan fingerprint density at radius 1 is 1.60 bits per heavy atom. The summed E-state index contributed by atoms with van der Waals surface area (Å²) < 4.78 is 6.72. The van der Waals surface area contributed by atoms with Crippen LogP contribution in [0.25, 0.3) is 0 Å². The first-order valence-corrected chi connectivity index (χ1v) is 6.13. The molecular formula is C12H17N3O5. The summed E-state index contributed by atoms with van der Waals surface area (Å²) in [5.41, 5.74) is -2.36. The number of H-pyrrole nitrogens is 1. The second kappa shape index (κ2) is 4.97. The first-order chi connectivity index (χ1) is 9.36. The summed E-state index contributed by atoms with van der Waals surface area (Å²) >= 11 is 0. The van der Waals surface area contributed by atoms with E-state index in [4.69, 9.17) is 4.74 Å². The predicted octanol–water partition coefficient (Wildman–Crippen LogP) is -1.24. The topological polar surface area (TPSA) is 117 Å². The number of aryl methyl sites for hydroxylation is 1. The Morgan fingerprint density at radius 3 is 2.75 bits per heavy atom. The van der Waals surface area contributed by atoms with Crippen LogP contribution in [0.5, 0.6) is 0 Å². The van der Waals surface area contributed by atoms with Gasteiger partial charge in [0.2, 0.25) is 5.72 Å². The minimum absolute atomic E-state index is 0.336. The lowest BCUT2D eigenvalue weighted by atomic mass is 9.98. The average molecular weight is 283 g/mol. The summed E-state index contributed by atoms with van der Waals surface area (Å²) in [4.78, 5) is 29.0. The molecule has 1 aromatic rings. The Morgan fingerprint density at radius 2 is 2.25 bits per heavy atom. The number of aromatic nitrogens is 2. The quantitative estimate of drug-likeness (QED) is 0.600. The van der Waals surface area contributed by atoms with Gasteiger partial charge in [-0.3, -0.25) is 19.3 Å². The van der Waals surface area contributed by atoms with Gasteiger partial charge < -0.3 is 14.9 Å². The van der Waals surface area contributed by atoms with E-state index in [2.05, 4.69) is 16.7 Å². The second-order valence-electron chi connectivity index (χ2n) is 4.95. The Balaban J connectivity index is 2.50. The number of nitrogens with zero attached hydrogens (tertiary/aromatic N) is 2. The molecule has 0 amide bonds. The Bertz CT molecular complexity index is 637. The van der Waals surface area contributed by atoms with E-state index in [0.717, 1.165) is 0 Å². The number of hydrogen-bond acceptors (Lipinski definition) is 6. The SMILES string of the molecule is C=NC1(CO)OC(n2cc(C)c(=O)[nH]c2=O)C(C)C1O. The minimum Gasteiger partial charge on any atom is -0.391 e. The zero-order chi connectivity index (χ0) is 15.1. The maximum Gasteiger partial charge on any atom is 0.330 e. The fourth-order valence-corrected chi connectivity index (χ4v) is 2.35. The Hall–Kier alpha value is -1.77. The molecule has 1 aromatic heterocycles. The van der Waals surface area contributed by atoms with Crippen LogP contribution in [0.2, 0.25) is 0 Å². The highest BCUT2D eigenvalue weighted by atomic mass is 16.6. The van der Waals surface area contributed by atoms with E-state index in [-0.39, 0.29) is 0 Å². The smallest absolute Gasteiger partial charge is 0.330 e. The molecule has 1 saturated heterocycles. The van der Waals surface area contributed by atoms with Crippen molar-refractivity contribution >= 4 is 6.72 Å². The lowest BCUT2D eigenvalue weighted by molar-refractivity contribution is -0.122. The summed E-state index contributed by atoms with van der Waals surface area (Å²) in [5.74, 6) is -0.518. The number of aliphatic hydroxyl groups is 2. The van der Waals surface area contributed by atoms with Crippen molar-refractivity contribution in [3.8, 4) is 0 Å². The van der Waals surface area contributed by atoms with Crippen LogP contribution in [-0.4, -0.2) is 44.9 Å². The molecule has 1 fully saturated rings. The molecular weight excluding hydrogens is 266 g/mol. The zero-order valence-corrected chi connectivity index (χ0v) is 11.2. The summed E-state index contributed by atoms with van der Waals surface area (Å²) in [6, 6.07) is 0. The van der Waals surface area contributed by atoms with Crippen LogP contribution < -0.4 is 11.2 Å². The molecule has 0 spiro atoms. The molecule has 8 heteroatoms. The third-order valence-corrected chi connectivity index (χ3v) is 3.65. The highest BCUT2D eigenvalue weighted by Gasteiger charge is 2.53. The highest BCUT2D eigenvalue weighted by Crippen LogP contribution is 2.41. The number of aliphatic hydroxyl groups excluding tert-OH is 2. The van der Waals surface area contributed by atoms with Crippen LogP contribution in [0.3, 0.4) is 0 Å². The van der Waals surface area contributed by atoms with Gasteiger partial charge in [0.25, 0.3) is 5.56 Å². The van der Waals surface area contributed by atoms with E-state index >= 15 is 0 Å². The zero-order valence-electron chi connectivity index (χ0n) is 11.2. The van der Waals surface area contributed by atoms with E-state index in [1.807, 2.05) is 0 Å². The van der Waals surface area contributed by atoms with Gasteiger partial charge in [0, 0.05) is 17.7 Å². The highest BCUT2D eigenvalue weighted by molar-refractivity contribution is 5.26. The Kier molecular flexibility index (Phi) is 3.63. The molecule has 0 saturated carbocycles. The van der Waals surface area contributed by atoms with Crippen LogP contribution >= 0.6 is 0 Å². The molecule has 4 atom stereocenters. The van der Waals surface area contributed by atoms with Gasteiger partial charge in [0.1, 0.15) is 12.3 Å². The van der Waals surface area contributed by atoms with E-state index in [9.17, 15) is 19.8 Å². The van der Waals surface area contributed by atoms with Crippen molar-refractivity contribution in [2.75, 3.05) is 6.61 Å². The summed E-state index contributed by atoms with van der Waals surface area (Å²) in [6.07, 6.45) is -0.620. The maximum absolute atomic E-state index is 11.9. The average Bonchev–Trinajstić information content (AvgIpc) is 2.68. The predicted molar refractivity (Wildman–Crippen MR) is 70.7 cm³/mol. The number of ether oxygens (including phenoxy) is 1.